The van der Waals surface area contributed by atoms with Gasteiger partial charge in [0.25, 0.3) is 17.7 Å². The fourth-order valence-electron chi connectivity index (χ4n) is 3.16. The molecule has 3 aromatic rings. The van der Waals surface area contributed by atoms with E-state index >= 15 is 0 Å². The van der Waals surface area contributed by atoms with Crippen LogP contribution in [0, 0.1) is 5.82 Å². The number of nitrogens with zero attached hydrogens (tertiary/aromatic N) is 1. The molecule has 0 aliphatic carbocycles. The molecule has 0 atom stereocenters. The third kappa shape index (κ3) is 4.08. The molecule has 1 aliphatic rings. The molecule has 0 unspecified atom stereocenters. The molecule has 4 rings (SSSR count). The highest BCUT2D eigenvalue weighted by Crippen LogP contribution is 2.29. The van der Waals surface area contributed by atoms with E-state index in [1.54, 1.807) is 24.3 Å². The number of halogens is 2. The zero-order chi connectivity index (χ0) is 22.8. The van der Waals surface area contributed by atoms with E-state index in [9.17, 15) is 23.6 Å². The van der Waals surface area contributed by atoms with Gasteiger partial charge in [-0.3, -0.25) is 14.4 Å². The number of hydrogen-bond acceptors (Lipinski definition) is 5. The molecule has 1 N–H and O–H groups in total. The number of rotatable bonds is 5. The van der Waals surface area contributed by atoms with Crippen LogP contribution in [0.25, 0.3) is 0 Å². The maximum Gasteiger partial charge on any atom is 0.338 e. The van der Waals surface area contributed by atoms with Crippen molar-refractivity contribution in [2.24, 2.45) is 0 Å². The second-order valence-corrected chi connectivity index (χ2v) is 7.19. The summed E-state index contributed by atoms with van der Waals surface area (Å²) in [5.74, 6) is -3.18. The lowest BCUT2D eigenvalue weighted by Crippen LogP contribution is -2.29. The van der Waals surface area contributed by atoms with Crippen LogP contribution >= 0.6 is 11.6 Å². The minimum atomic E-state index is -0.845. The summed E-state index contributed by atoms with van der Waals surface area (Å²) in [5.41, 5.74) is 0.689. The third-order valence-corrected chi connectivity index (χ3v) is 5.02. The number of esters is 1. The van der Waals surface area contributed by atoms with Crippen molar-refractivity contribution < 1.29 is 28.3 Å². The van der Waals surface area contributed by atoms with Crippen LogP contribution in [0.3, 0.4) is 0 Å². The van der Waals surface area contributed by atoms with E-state index in [0.717, 1.165) is 17.0 Å². The molecule has 0 spiro atoms. The van der Waals surface area contributed by atoms with Crippen molar-refractivity contribution in [1.29, 1.82) is 0 Å². The number of carbonyl (C=O) groups excluding carboxylic acids is 4. The molecular weight excluding hydrogens is 439 g/mol. The number of para-hydroxylation sites is 1. The predicted octanol–water partition coefficient (Wildman–Crippen LogP) is 4.08. The van der Waals surface area contributed by atoms with Crippen molar-refractivity contribution >= 4 is 46.7 Å². The highest BCUT2D eigenvalue weighted by Gasteiger charge is 2.37. The van der Waals surface area contributed by atoms with E-state index in [0.29, 0.717) is 10.7 Å². The molecule has 0 saturated carbocycles. The van der Waals surface area contributed by atoms with Gasteiger partial charge < -0.3 is 10.1 Å². The molecular formula is C23H14ClFN2O5. The maximum absolute atomic E-state index is 13.2. The minimum absolute atomic E-state index is 0.00333. The van der Waals surface area contributed by atoms with E-state index in [1.807, 2.05) is 0 Å². The zero-order valence-electron chi connectivity index (χ0n) is 16.3. The Hall–Kier alpha value is -4.04. The Bertz CT molecular complexity index is 1260. The van der Waals surface area contributed by atoms with Crippen LogP contribution in [0.1, 0.15) is 31.1 Å². The molecule has 3 amide bonds. The van der Waals surface area contributed by atoms with Gasteiger partial charge in [-0.1, -0.05) is 23.7 Å². The zero-order valence-corrected chi connectivity index (χ0v) is 17.1. The normalized spacial score (nSPS) is 12.5. The average Bonchev–Trinajstić information content (AvgIpc) is 3.04. The first-order valence-corrected chi connectivity index (χ1v) is 9.73. The van der Waals surface area contributed by atoms with Crippen LogP contribution in [-0.2, 0) is 9.53 Å². The van der Waals surface area contributed by atoms with Crippen molar-refractivity contribution in [1.82, 2.24) is 0 Å². The molecule has 7 nitrogen and oxygen atoms in total. The van der Waals surface area contributed by atoms with Gasteiger partial charge in [0.15, 0.2) is 6.61 Å². The van der Waals surface area contributed by atoms with Gasteiger partial charge in [-0.05, 0) is 54.6 Å². The summed E-state index contributed by atoms with van der Waals surface area (Å²) in [4.78, 5) is 50.7. The second kappa shape index (κ2) is 8.60. The average molecular weight is 453 g/mol. The maximum atomic E-state index is 13.2. The summed E-state index contributed by atoms with van der Waals surface area (Å²) < 4.78 is 18.2. The molecule has 0 saturated heterocycles. The molecule has 32 heavy (non-hydrogen) atoms. The van der Waals surface area contributed by atoms with Gasteiger partial charge in [-0.2, -0.15) is 0 Å². The lowest BCUT2D eigenvalue weighted by molar-refractivity contribution is -0.119. The monoisotopic (exact) mass is 452 g/mol. The fourth-order valence-corrected chi connectivity index (χ4v) is 3.34. The van der Waals surface area contributed by atoms with Crippen LogP contribution < -0.4 is 10.2 Å². The highest BCUT2D eigenvalue weighted by molar-refractivity contribution is 6.35. The van der Waals surface area contributed by atoms with Gasteiger partial charge >= 0.3 is 5.97 Å². The molecule has 0 bridgehead atoms. The van der Waals surface area contributed by atoms with Gasteiger partial charge in [-0.15, -0.1) is 0 Å². The number of carbonyl (C=O) groups is 4. The lowest BCUT2D eigenvalue weighted by Gasteiger charge is -2.13. The Labute approximate surface area is 186 Å². The van der Waals surface area contributed by atoms with Crippen molar-refractivity contribution in [2.45, 2.75) is 0 Å². The molecule has 0 radical (unpaired) electrons. The summed E-state index contributed by atoms with van der Waals surface area (Å²) in [6.07, 6.45) is 0. The van der Waals surface area contributed by atoms with Crippen molar-refractivity contribution in [3.05, 3.63) is 94.3 Å². The quantitative estimate of drug-likeness (QED) is 0.465. The molecule has 0 aromatic heterocycles. The van der Waals surface area contributed by atoms with Gasteiger partial charge in [0, 0.05) is 0 Å². The molecule has 9 heteroatoms. The van der Waals surface area contributed by atoms with Gasteiger partial charge in [-0.25, -0.2) is 14.1 Å². The first-order chi connectivity index (χ1) is 15.3. The minimum Gasteiger partial charge on any atom is -0.452 e. The summed E-state index contributed by atoms with van der Waals surface area (Å²) >= 11 is 5.97. The summed E-state index contributed by atoms with van der Waals surface area (Å²) in [6.45, 7) is -0.574. The van der Waals surface area contributed by atoms with Crippen molar-refractivity contribution in [2.75, 3.05) is 16.8 Å². The Morgan fingerprint density at radius 2 is 1.62 bits per heavy atom. The Morgan fingerprint density at radius 3 is 2.34 bits per heavy atom. The topological polar surface area (TPSA) is 92.8 Å². The lowest BCUT2D eigenvalue weighted by atomic mass is 10.1. The standard InChI is InChI=1S/C23H14ClFN2O5/c24-18-3-1-2-4-19(18)26-20(28)12-32-23(31)13-5-10-16-17(11-13)22(30)27(21(16)29)15-8-6-14(25)7-9-15/h1-11H,12H2,(H,26,28). The van der Waals surface area contributed by atoms with Crippen LogP contribution in [0.4, 0.5) is 15.8 Å². The number of benzene rings is 3. The summed E-state index contributed by atoms with van der Waals surface area (Å²) in [5, 5.41) is 2.85. The van der Waals surface area contributed by atoms with Crippen LogP contribution in [0.5, 0.6) is 0 Å². The Kier molecular flexibility index (Phi) is 5.70. The van der Waals surface area contributed by atoms with E-state index < -0.39 is 36.1 Å². The van der Waals surface area contributed by atoms with Gasteiger partial charge in [0.1, 0.15) is 5.82 Å². The SMILES string of the molecule is O=C(COC(=O)c1ccc2c(c1)C(=O)N(c1ccc(F)cc1)C2=O)Nc1ccccc1Cl. The largest absolute Gasteiger partial charge is 0.452 e. The number of hydrogen-bond donors (Lipinski definition) is 1. The fraction of sp³-hybridized carbons (Fsp3) is 0.0435. The van der Waals surface area contributed by atoms with Crippen LogP contribution in [0.2, 0.25) is 5.02 Å². The van der Waals surface area contributed by atoms with E-state index in [1.165, 1.54) is 30.3 Å². The van der Waals surface area contributed by atoms with Crippen molar-refractivity contribution in [3.63, 3.8) is 0 Å². The molecule has 1 aliphatic heterocycles. The summed E-state index contributed by atoms with van der Waals surface area (Å²) in [6, 6.07) is 15.4. The number of fused-ring (bicyclic) bond motifs is 1. The molecule has 3 aromatic carbocycles. The smallest absolute Gasteiger partial charge is 0.338 e. The number of imide groups is 1. The van der Waals surface area contributed by atoms with Gasteiger partial charge in [0.2, 0.25) is 0 Å². The number of anilines is 2. The third-order valence-electron chi connectivity index (χ3n) is 4.69. The molecule has 0 fully saturated rings. The molecule has 160 valence electrons. The highest BCUT2D eigenvalue weighted by atomic mass is 35.5. The predicted molar refractivity (Wildman–Crippen MR) is 114 cm³/mol. The van der Waals surface area contributed by atoms with E-state index in [4.69, 9.17) is 16.3 Å². The first-order valence-electron chi connectivity index (χ1n) is 9.35. The van der Waals surface area contributed by atoms with Gasteiger partial charge in [0.05, 0.1) is 33.1 Å². The van der Waals surface area contributed by atoms with Crippen molar-refractivity contribution in [3.8, 4) is 0 Å². The Balaban J connectivity index is 1.45. The number of amides is 3. The van der Waals surface area contributed by atoms with E-state index in [2.05, 4.69) is 5.32 Å². The molecule has 1 heterocycles. The van der Waals surface area contributed by atoms with Crippen LogP contribution in [-0.4, -0.2) is 30.3 Å². The van der Waals surface area contributed by atoms with E-state index in [-0.39, 0.29) is 22.4 Å². The Morgan fingerprint density at radius 1 is 0.938 bits per heavy atom. The summed E-state index contributed by atoms with van der Waals surface area (Å²) in [7, 11) is 0. The first kappa shape index (κ1) is 21.2. The second-order valence-electron chi connectivity index (χ2n) is 6.79. The van der Waals surface area contributed by atoms with Crippen LogP contribution in [0.15, 0.2) is 66.7 Å². The number of ether oxygens (including phenoxy) is 1. The number of nitrogens with one attached hydrogen (secondary N) is 1.